The summed E-state index contributed by atoms with van der Waals surface area (Å²) in [6.45, 7) is 0. The first-order chi connectivity index (χ1) is 1.73. The smallest absolute Gasteiger partial charge is 0.870 e. The van der Waals surface area contributed by atoms with Crippen LogP contribution in [-0.4, -0.2) is 50.2 Å². The SMILES string of the molecule is O=C(O)O.[Al+3].[OH-].[OH-].[OH-]. The van der Waals surface area contributed by atoms with Crippen LogP contribution in [0.4, 0.5) is 4.79 Å². The van der Waals surface area contributed by atoms with E-state index in [4.69, 9.17) is 15.0 Å². The summed E-state index contributed by atoms with van der Waals surface area (Å²) in [7, 11) is 0. The molecule has 48 valence electrons. The maximum atomic E-state index is 8.56. The standard InChI is InChI=1S/CH2O3.Al.3H2O/c2-1(3)4;;;;/h(H2,2,3,4);;3*1H2/q;+3;;;/p-3. The summed E-state index contributed by atoms with van der Waals surface area (Å²) in [4.78, 5) is 8.56. The second-order valence-corrected chi connectivity index (χ2v) is 0.283. The molecular weight excluding hydrogens is 135 g/mol. The van der Waals surface area contributed by atoms with Crippen molar-refractivity contribution in [1.82, 2.24) is 0 Å². The molecule has 0 unspecified atom stereocenters. The molecule has 0 aliphatic rings. The van der Waals surface area contributed by atoms with Crippen LogP contribution in [0.3, 0.4) is 0 Å². The Kier molecular flexibility index (Phi) is 179. The van der Waals surface area contributed by atoms with Gasteiger partial charge >= 0.3 is 23.5 Å². The molecule has 5 N–H and O–H groups in total. The summed E-state index contributed by atoms with van der Waals surface area (Å²) < 4.78 is 0. The molecule has 0 heterocycles. The predicted molar refractivity (Wildman–Crippen MR) is 22.2 cm³/mol. The fourth-order valence-electron chi connectivity index (χ4n) is 0. The first kappa shape index (κ1) is 47.7. The van der Waals surface area contributed by atoms with Gasteiger partial charge in [-0.2, -0.15) is 0 Å². The van der Waals surface area contributed by atoms with E-state index >= 15 is 0 Å². The molecule has 0 saturated heterocycles. The van der Waals surface area contributed by atoms with Crippen molar-refractivity contribution in [2.24, 2.45) is 0 Å². The third kappa shape index (κ3) is 1240. The summed E-state index contributed by atoms with van der Waals surface area (Å²) in [6, 6.07) is 0. The summed E-state index contributed by atoms with van der Waals surface area (Å²) in [5.74, 6) is 0. The molecule has 0 bridgehead atoms. The van der Waals surface area contributed by atoms with Crippen LogP contribution in [0, 0.1) is 0 Å². The maximum Gasteiger partial charge on any atom is 3.00 e. The minimum absolute atomic E-state index is 0. The summed E-state index contributed by atoms with van der Waals surface area (Å²) >= 11 is 0. The number of rotatable bonds is 0. The van der Waals surface area contributed by atoms with Crippen molar-refractivity contribution in [3.8, 4) is 0 Å². The molecule has 0 spiro atoms. The summed E-state index contributed by atoms with van der Waals surface area (Å²) in [5.41, 5.74) is 0. The molecule has 0 rings (SSSR count). The Morgan fingerprint density at radius 2 is 1.00 bits per heavy atom. The van der Waals surface area contributed by atoms with Gasteiger partial charge in [-0.1, -0.05) is 0 Å². The van der Waals surface area contributed by atoms with Gasteiger partial charge in [-0.05, 0) is 0 Å². The van der Waals surface area contributed by atoms with Crippen LogP contribution in [0.2, 0.25) is 0 Å². The van der Waals surface area contributed by atoms with Gasteiger partial charge in [-0.25, -0.2) is 4.79 Å². The van der Waals surface area contributed by atoms with Gasteiger partial charge in [0.2, 0.25) is 0 Å². The Balaban J connectivity index is -0.00000000750. The van der Waals surface area contributed by atoms with Gasteiger partial charge in [-0.15, -0.1) is 0 Å². The zero-order valence-corrected chi connectivity index (χ0v) is 4.88. The Labute approximate surface area is 55.8 Å². The van der Waals surface area contributed by atoms with Crippen molar-refractivity contribution in [3.63, 3.8) is 0 Å². The van der Waals surface area contributed by atoms with E-state index in [2.05, 4.69) is 0 Å². The Morgan fingerprint density at radius 1 is 1.00 bits per heavy atom. The molecule has 8 heavy (non-hydrogen) atoms. The third-order valence-corrected chi connectivity index (χ3v) is 0. The number of hydrogen-bond donors (Lipinski definition) is 2. The molecule has 0 aromatic heterocycles. The van der Waals surface area contributed by atoms with E-state index in [0.29, 0.717) is 0 Å². The van der Waals surface area contributed by atoms with E-state index in [9.17, 15) is 0 Å². The molecule has 0 atom stereocenters. The molecule has 0 aliphatic carbocycles. The van der Waals surface area contributed by atoms with Crippen LogP contribution in [-0.2, 0) is 0 Å². The topological polar surface area (TPSA) is 148 Å². The van der Waals surface area contributed by atoms with Crippen molar-refractivity contribution in [2.45, 2.75) is 0 Å². The van der Waals surface area contributed by atoms with Crippen molar-refractivity contribution < 1.29 is 31.4 Å². The van der Waals surface area contributed by atoms with E-state index in [1.54, 1.807) is 0 Å². The second kappa shape index (κ2) is 30.0. The molecule has 0 saturated carbocycles. The van der Waals surface area contributed by atoms with Crippen LogP contribution in [0.1, 0.15) is 0 Å². The zero-order valence-electron chi connectivity index (χ0n) is 3.72. The van der Waals surface area contributed by atoms with Crippen LogP contribution in [0.5, 0.6) is 0 Å². The average molecular weight is 140 g/mol. The van der Waals surface area contributed by atoms with Gasteiger partial charge in [0.15, 0.2) is 0 Å². The molecule has 0 amide bonds. The van der Waals surface area contributed by atoms with E-state index in [1.165, 1.54) is 0 Å². The van der Waals surface area contributed by atoms with E-state index < -0.39 is 6.16 Å². The van der Waals surface area contributed by atoms with Crippen LogP contribution in [0.25, 0.3) is 0 Å². The molecule has 7 heteroatoms. The minimum atomic E-state index is -1.83. The largest absolute Gasteiger partial charge is 3.00 e. The molecule has 0 aromatic carbocycles. The van der Waals surface area contributed by atoms with E-state index in [0.717, 1.165) is 0 Å². The first-order valence-electron chi connectivity index (χ1n) is 0.651. The van der Waals surface area contributed by atoms with Gasteiger partial charge in [0.25, 0.3) is 0 Å². The quantitative estimate of drug-likeness (QED) is 0.425. The van der Waals surface area contributed by atoms with Crippen molar-refractivity contribution in [3.05, 3.63) is 0 Å². The minimum Gasteiger partial charge on any atom is -0.870 e. The molecule has 6 nitrogen and oxygen atoms in total. The summed E-state index contributed by atoms with van der Waals surface area (Å²) in [6.07, 6.45) is -1.83. The Hall–Kier alpha value is -0.318. The Morgan fingerprint density at radius 3 is 1.00 bits per heavy atom. The van der Waals surface area contributed by atoms with Gasteiger partial charge in [0.1, 0.15) is 0 Å². The van der Waals surface area contributed by atoms with Crippen molar-refractivity contribution >= 4 is 23.5 Å². The monoisotopic (exact) mass is 140 g/mol. The molecule has 0 aromatic rings. The van der Waals surface area contributed by atoms with E-state index in [-0.39, 0.29) is 33.8 Å². The maximum absolute atomic E-state index is 8.56. The van der Waals surface area contributed by atoms with Crippen LogP contribution in [0.15, 0.2) is 0 Å². The molecule has 0 aliphatic heterocycles. The van der Waals surface area contributed by atoms with Crippen molar-refractivity contribution in [2.75, 3.05) is 0 Å². The Bertz CT molecular complexity index is 31.5. The van der Waals surface area contributed by atoms with Gasteiger partial charge in [0.05, 0.1) is 0 Å². The number of hydrogen-bond acceptors (Lipinski definition) is 4. The van der Waals surface area contributed by atoms with Crippen LogP contribution < -0.4 is 0 Å². The van der Waals surface area contributed by atoms with Gasteiger partial charge in [0, 0.05) is 0 Å². The van der Waals surface area contributed by atoms with Crippen LogP contribution >= 0.6 is 0 Å². The van der Waals surface area contributed by atoms with E-state index in [1.807, 2.05) is 0 Å². The summed E-state index contributed by atoms with van der Waals surface area (Å²) in [5, 5.41) is 13.9. The normalized spacial score (nSPS) is 3.00. The molecular formula is CH5AlO6. The van der Waals surface area contributed by atoms with Crippen molar-refractivity contribution in [1.29, 1.82) is 0 Å². The van der Waals surface area contributed by atoms with Gasteiger partial charge < -0.3 is 26.6 Å². The average Bonchev–Trinajstić information content (AvgIpc) is 0.811. The molecule has 0 radical (unpaired) electrons. The predicted octanol–water partition coefficient (Wildman–Crippen LogP) is -0.689. The molecule has 0 fully saturated rings. The number of carbonyl (C=O) groups is 1. The zero-order chi connectivity index (χ0) is 3.58. The second-order valence-electron chi connectivity index (χ2n) is 0.283. The third-order valence-electron chi connectivity index (χ3n) is 0. The van der Waals surface area contributed by atoms with Gasteiger partial charge in [-0.3, -0.25) is 0 Å². The number of carboxylic acid groups (broad SMARTS) is 2. The first-order valence-corrected chi connectivity index (χ1v) is 0.651. The fraction of sp³-hybridized carbons (Fsp3) is 0. The fourth-order valence-corrected chi connectivity index (χ4v) is 0.